The van der Waals surface area contributed by atoms with Crippen molar-refractivity contribution in [1.82, 2.24) is 19.1 Å². The van der Waals surface area contributed by atoms with E-state index < -0.39 is 23.8 Å². The SMILES string of the molecule is Cc1nc2n3c(c(-c4ccc(=O)n(C)c4)cc-2c(=NC(C)c2cccc(C(F)F)c2F)n1)NCC3(C)C. The average molecular weight is 509 g/mol. The highest BCUT2D eigenvalue weighted by Crippen LogP contribution is 2.41. The quantitative estimate of drug-likeness (QED) is 0.423. The smallest absolute Gasteiger partial charge is 0.266 e. The van der Waals surface area contributed by atoms with Crippen molar-refractivity contribution in [1.29, 1.82) is 0 Å². The fourth-order valence-corrected chi connectivity index (χ4v) is 4.82. The molecular weight excluding hydrogens is 481 g/mol. The predicted molar refractivity (Wildman–Crippen MR) is 135 cm³/mol. The van der Waals surface area contributed by atoms with Crippen molar-refractivity contribution in [2.24, 2.45) is 12.0 Å². The van der Waals surface area contributed by atoms with Crippen LogP contribution in [0, 0.1) is 12.7 Å². The topological polar surface area (TPSA) is 77.1 Å². The molecule has 4 heterocycles. The van der Waals surface area contributed by atoms with Gasteiger partial charge in [0.1, 0.15) is 23.3 Å². The number of nitrogens with zero attached hydrogens (tertiary/aromatic N) is 5. The number of nitrogens with one attached hydrogen (secondary N) is 1. The van der Waals surface area contributed by atoms with Crippen molar-refractivity contribution < 1.29 is 13.2 Å². The lowest BCUT2D eigenvalue weighted by atomic mass is 10.0. The molecule has 0 spiro atoms. The van der Waals surface area contributed by atoms with E-state index in [-0.39, 0.29) is 16.7 Å². The van der Waals surface area contributed by atoms with E-state index >= 15 is 0 Å². The van der Waals surface area contributed by atoms with Gasteiger partial charge in [-0.1, -0.05) is 18.2 Å². The molecule has 0 bridgehead atoms. The second-order valence-corrected chi connectivity index (χ2v) is 9.96. The van der Waals surface area contributed by atoms with Gasteiger partial charge in [-0.3, -0.25) is 9.79 Å². The molecule has 1 aromatic heterocycles. The molecule has 37 heavy (non-hydrogen) atoms. The summed E-state index contributed by atoms with van der Waals surface area (Å²) in [7, 11) is 1.69. The molecule has 0 fully saturated rings. The molecule has 1 unspecified atom stereocenters. The van der Waals surface area contributed by atoms with Gasteiger partial charge in [-0.05, 0) is 39.8 Å². The Morgan fingerprint density at radius 1 is 1.11 bits per heavy atom. The van der Waals surface area contributed by atoms with Crippen LogP contribution in [0.4, 0.5) is 19.0 Å². The zero-order chi connectivity index (χ0) is 26.6. The van der Waals surface area contributed by atoms with Crippen LogP contribution in [0.3, 0.4) is 0 Å². The van der Waals surface area contributed by atoms with Crippen LogP contribution >= 0.6 is 0 Å². The van der Waals surface area contributed by atoms with Crippen LogP contribution < -0.4 is 16.4 Å². The van der Waals surface area contributed by atoms with E-state index in [0.717, 1.165) is 23.0 Å². The standard InChI is InChI=1S/C27H27F3N6O/c1-14(17-7-6-8-18(22(17)28)23(29)30)32-24-20-11-19(16-9-10-21(37)35(5)12-16)25-31-13-27(3,4)36(25)26(20)34-15(2)33-24/h6-12,14,23,31H,13H2,1-5H3. The fourth-order valence-electron chi connectivity index (χ4n) is 4.82. The minimum Gasteiger partial charge on any atom is -0.369 e. The number of hydrogen-bond acceptors (Lipinski definition) is 5. The molecule has 10 heteroatoms. The Morgan fingerprint density at radius 2 is 1.84 bits per heavy atom. The molecule has 1 atom stereocenters. The molecule has 1 N–H and O–H groups in total. The second kappa shape index (κ2) is 8.86. The summed E-state index contributed by atoms with van der Waals surface area (Å²) in [6.07, 6.45) is -1.16. The van der Waals surface area contributed by atoms with Gasteiger partial charge in [0.05, 0.1) is 22.7 Å². The highest BCUT2D eigenvalue weighted by atomic mass is 19.3. The van der Waals surface area contributed by atoms with E-state index in [9.17, 15) is 18.0 Å². The number of anilines is 1. The van der Waals surface area contributed by atoms with Gasteiger partial charge < -0.3 is 14.5 Å². The van der Waals surface area contributed by atoms with Crippen LogP contribution in [0.5, 0.6) is 0 Å². The van der Waals surface area contributed by atoms with Crippen molar-refractivity contribution >= 4 is 5.82 Å². The summed E-state index contributed by atoms with van der Waals surface area (Å²) >= 11 is 0. The Bertz CT molecular complexity index is 1620. The Balaban J connectivity index is 1.79. The molecule has 3 aliphatic heterocycles. The number of fused-ring (bicyclic) bond motifs is 3. The third kappa shape index (κ3) is 4.20. The summed E-state index contributed by atoms with van der Waals surface area (Å²) < 4.78 is 45.1. The number of aromatic nitrogens is 4. The van der Waals surface area contributed by atoms with Crippen LogP contribution in [0.15, 0.2) is 52.4 Å². The van der Waals surface area contributed by atoms with Gasteiger partial charge in [-0.2, -0.15) is 0 Å². The van der Waals surface area contributed by atoms with Crippen LogP contribution in [-0.4, -0.2) is 25.6 Å². The molecule has 0 saturated heterocycles. The lowest BCUT2D eigenvalue weighted by Crippen LogP contribution is -2.30. The summed E-state index contributed by atoms with van der Waals surface area (Å²) in [4.78, 5) is 26.0. The number of pyridine rings is 2. The number of hydrogen-bond donors (Lipinski definition) is 1. The molecule has 7 nitrogen and oxygen atoms in total. The number of halogens is 3. The zero-order valence-corrected chi connectivity index (χ0v) is 21.2. The number of benzene rings is 1. The minimum absolute atomic E-state index is 0.0660. The molecule has 5 rings (SSSR count). The highest BCUT2D eigenvalue weighted by Gasteiger charge is 2.35. The maximum atomic E-state index is 14.9. The number of aryl methyl sites for hydroxylation is 2. The first-order valence-corrected chi connectivity index (χ1v) is 11.9. The van der Waals surface area contributed by atoms with Crippen molar-refractivity contribution in [3.8, 4) is 22.5 Å². The molecule has 3 aliphatic rings. The second-order valence-electron chi connectivity index (χ2n) is 9.96. The summed E-state index contributed by atoms with van der Waals surface area (Å²) in [5.41, 5.74) is 1.56. The van der Waals surface area contributed by atoms with Gasteiger partial charge in [-0.25, -0.2) is 23.1 Å². The van der Waals surface area contributed by atoms with Gasteiger partial charge in [0, 0.05) is 42.5 Å². The maximum Gasteiger partial charge on any atom is 0.266 e. The first-order valence-electron chi connectivity index (χ1n) is 11.9. The maximum absolute atomic E-state index is 14.9. The molecule has 0 amide bonds. The largest absolute Gasteiger partial charge is 0.369 e. The van der Waals surface area contributed by atoms with E-state index in [0.29, 0.717) is 29.2 Å². The number of alkyl halides is 2. The van der Waals surface area contributed by atoms with E-state index in [2.05, 4.69) is 28.7 Å². The van der Waals surface area contributed by atoms with Gasteiger partial charge >= 0.3 is 0 Å². The lowest BCUT2D eigenvalue weighted by Gasteiger charge is -2.26. The Kier molecular flexibility index (Phi) is 5.92. The zero-order valence-electron chi connectivity index (χ0n) is 21.2. The third-order valence-electron chi connectivity index (χ3n) is 6.75. The van der Waals surface area contributed by atoms with Crippen molar-refractivity contribution in [2.45, 2.75) is 45.7 Å². The van der Waals surface area contributed by atoms with Gasteiger partial charge in [0.15, 0.2) is 5.49 Å². The van der Waals surface area contributed by atoms with Crippen LogP contribution in [-0.2, 0) is 12.6 Å². The highest BCUT2D eigenvalue weighted by molar-refractivity contribution is 5.82. The van der Waals surface area contributed by atoms with E-state index in [4.69, 9.17) is 9.98 Å². The van der Waals surface area contributed by atoms with Crippen molar-refractivity contribution in [2.75, 3.05) is 11.9 Å². The summed E-state index contributed by atoms with van der Waals surface area (Å²) in [6.45, 7) is 8.23. The Labute approximate surface area is 211 Å². The van der Waals surface area contributed by atoms with Crippen LogP contribution in [0.25, 0.3) is 22.5 Å². The molecule has 192 valence electrons. The fraction of sp³-hybridized carbons (Fsp3) is 0.333. The normalized spacial score (nSPS) is 15.8. The summed E-state index contributed by atoms with van der Waals surface area (Å²) in [6, 6.07) is 8.35. The molecule has 0 aliphatic carbocycles. The molecular formula is C27H27F3N6O. The predicted octanol–water partition coefficient (Wildman–Crippen LogP) is 4.96. The molecule has 0 saturated carbocycles. The van der Waals surface area contributed by atoms with E-state index in [1.54, 1.807) is 33.2 Å². The van der Waals surface area contributed by atoms with Gasteiger partial charge in [0.25, 0.3) is 6.43 Å². The van der Waals surface area contributed by atoms with E-state index in [1.165, 1.54) is 22.8 Å². The van der Waals surface area contributed by atoms with Crippen LogP contribution in [0.1, 0.15) is 50.2 Å². The molecule has 0 radical (unpaired) electrons. The van der Waals surface area contributed by atoms with Crippen molar-refractivity contribution in [3.63, 3.8) is 0 Å². The number of rotatable bonds is 4. The van der Waals surface area contributed by atoms with E-state index in [1.807, 2.05) is 6.07 Å². The Morgan fingerprint density at radius 3 is 2.54 bits per heavy atom. The van der Waals surface area contributed by atoms with Crippen LogP contribution in [0.2, 0.25) is 0 Å². The lowest BCUT2D eigenvalue weighted by molar-refractivity contribution is 0.146. The summed E-state index contributed by atoms with van der Waals surface area (Å²) in [5.74, 6) is 1.02. The van der Waals surface area contributed by atoms with Gasteiger partial charge in [0.2, 0.25) is 5.56 Å². The molecule has 2 aromatic rings. The van der Waals surface area contributed by atoms with Crippen molar-refractivity contribution in [3.05, 3.63) is 81.2 Å². The Hall–Kier alpha value is -3.95. The summed E-state index contributed by atoms with van der Waals surface area (Å²) in [5, 5.41) is 3.48. The molecule has 1 aromatic carbocycles. The first kappa shape index (κ1) is 24.7. The monoisotopic (exact) mass is 508 g/mol. The minimum atomic E-state index is -2.92. The van der Waals surface area contributed by atoms with Gasteiger partial charge in [-0.15, -0.1) is 0 Å². The third-order valence-corrected chi connectivity index (χ3v) is 6.75. The average Bonchev–Trinajstić information content (AvgIpc) is 3.16. The first-order chi connectivity index (χ1) is 17.5.